The first kappa shape index (κ1) is 15.7. The number of aromatic nitrogens is 1. The van der Waals surface area contributed by atoms with Gasteiger partial charge < -0.3 is 14.8 Å². The molecule has 1 rings (SSSR count). The molecule has 0 aliphatic rings. The molecule has 0 saturated heterocycles. The lowest BCUT2D eigenvalue weighted by Crippen LogP contribution is -2.19. The molecular weight excluding hydrogens is 261 g/mol. The zero-order valence-corrected chi connectivity index (χ0v) is 10.7. The molecule has 1 aromatic heterocycles. The van der Waals surface area contributed by atoms with Crippen molar-refractivity contribution >= 4 is 0 Å². The number of methoxy groups -OCH3 is 1. The first-order valence-corrected chi connectivity index (χ1v) is 5.85. The summed E-state index contributed by atoms with van der Waals surface area (Å²) in [7, 11) is 1.62. The highest BCUT2D eigenvalue weighted by atomic mass is 19.4. The Morgan fingerprint density at radius 3 is 2.63 bits per heavy atom. The number of hydrogen-bond donors (Lipinski definition) is 1. The highest BCUT2D eigenvalue weighted by Gasteiger charge is 2.26. The molecule has 108 valence electrons. The van der Waals surface area contributed by atoms with Crippen LogP contribution < -0.4 is 10.1 Å². The fourth-order valence-corrected chi connectivity index (χ4v) is 1.28. The summed E-state index contributed by atoms with van der Waals surface area (Å²) < 4.78 is 45.6. The van der Waals surface area contributed by atoms with Crippen LogP contribution in [-0.2, 0) is 11.3 Å². The van der Waals surface area contributed by atoms with Crippen LogP contribution in [0.2, 0.25) is 0 Å². The van der Waals surface area contributed by atoms with E-state index in [-0.39, 0.29) is 0 Å². The number of hydrogen-bond acceptors (Lipinski definition) is 4. The van der Waals surface area contributed by atoms with Crippen molar-refractivity contribution in [3.05, 3.63) is 24.0 Å². The topological polar surface area (TPSA) is 43.4 Å². The summed E-state index contributed by atoms with van der Waals surface area (Å²) in [6.07, 6.45) is -3.74. The van der Waals surface area contributed by atoms with Gasteiger partial charge in [0.25, 0.3) is 0 Å². The number of rotatable bonds is 8. The Morgan fingerprint density at radius 1 is 1.26 bits per heavy atom. The SMILES string of the molecule is COCCNCc1ccc(OCCC(F)(F)F)cn1. The van der Waals surface area contributed by atoms with Crippen molar-refractivity contribution in [1.29, 1.82) is 0 Å². The maximum absolute atomic E-state index is 11.9. The van der Waals surface area contributed by atoms with Crippen molar-refractivity contribution in [1.82, 2.24) is 10.3 Å². The monoisotopic (exact) mass is 278 g/mol. The van der Waals surface area contributed by atoms with Crippen LogP contribution in [0.5, 0.6) is 5.75 Å². The summed E-state index contributed by atoms with van der Waals surface area (Å²) in [5, 5.41) is 3.11. The van der Waals surface area contributed by atoms with E-state index in [1.54, 1.807) is 19.2 Å². The van der Waals surface area contributed by atoms with Gasteiger partial charge in [-0.15, -0.1) is 0 Å². The molecule has 0 bridgehead atoms. The number of ether oxygens (including phenoxy) is 2. The summed E-state index contributed by atoms with van der Waals surface area (Å²) in [4.78, 5) is 4.08. The second-order valence-corrected chi connectivity index (χ2v) is 3.87. The van der Waals surface area contributed by atoms with Gasteiger partial charge in [0.1, 0.15) is 5.75 Å². The van der Waals surface area contributed by atoms with Gasteiger partial charge in [0.15, 0.2) is 0 Å². The van der Waals surface area contributed by atoms with E-state index in [2.05, 4.69) is 10.3 Å². The number of alkyl halides is 3. The van der Waals surface area contributed by atoms with Crippen LogP contribution in [0.4, 0.5) is 13.2 Å². The maximum atomic E-state index is 11.9. The van der Waals surface area contributed by atoms with Crippen molar-refractivity contribution in [3.63, 3.8) is 0 Å². The van der Waals surface area contributed by atoms with Crippen LogP contribution in [-0.4, -0.2) is 38.0 Å². The van der Waals surface area contributed by atoms with E-state index in [9.17, 15) is 13.2 Å². The number of halogens is 3. The summed E-state index contributed by atoms with van der Waals surface area (Å²) >= 11 is 0. The molecule has 0 saturated carbocycles. The number of nitrogens with one attached hydrogen (secondary N) is 1. The average Bonchev–Trinajstić information content (AvgIpc) is 2.35. The fraction of sp³-hybridized carbons (Fsp3) is 0.583. The molecule has 1 aromatic rings. The van der Waals surface area contributed by atoms with E-state index in [0.29, 0.717) is 25.4 Å². The highest BCUT2D eigenvalue weighted by Crippen LogP contribution is 2.20. The molecule has 0 aliphatic heterocycles. The lowest BCUT2D eigenvalue weighted by Gasteiger charge is -2.09. The largest absolute Gasteiger partial charge is 0.492 e. The van der Waals surface area contributed by atoms with Gasteiger partial charge in [0.05, 0.1) is 31.5 Å². The Balaban J connectivity index is 2.27. The van der Waals surface area contributed by atoms with E-state index >= 15 is 0 Å². The molecule has 0 aliphatic carbocycles. The minimum atomic E-state index is -4.20. The van der Waals surface area contributed by atoms with E-state index < -0.39 is 19.2 Å². The molecule has 0 atom stereocenters. The first-order valence-electron chi connectivity index (χ1n) is 5.85. The first-order chi connectivity index (χ1) is 9.01. The summed E-state index contributed by atoms with van der Waals surface area (Å²) in [6, 6.07) is 3.32. The molecule has 0 unspecified atom stereocenters. The van der Waals surface area contributed by atoms with Gasteiger partial charge in [-0.25, -0.2) is 0 Å². The zero-order chi connectivity index (χ0) is 14.1. The summed E-state index contributed by atoms with van der Waals surface area (Å²) in [5.74, 6) is 0.338. The molecule has 4 nitrogen and oxygen atoms in total. The normalized spacial score (nSPS) is 11.6. The Hall–Kier alpha value is -1.34. The summed E-state index contributed by atoms with van der Waals surface area (Å²) in [6.45, 7) is 1.50. The van der Waals surface area contributed by atoms with Crippen molar-refractivity contribution in [2.24, 2.45) is 0 Å². The van der Waals surface area contributed by atoms with Gasteiger partial charge in [-0.05, 0) is 12.1 Å². The number of pyridine rings is 1. The smallest absolute Gasteiger partial charge is 0.392 e. The van der Waals surface area contributed by atoms with Crippen molar-refractivity contribution < 1.29 is 22.6 Å². The van der Waals surface area contributed by atoms with Gasteiger partial charge in [-0.3, -0.25) is 4.98 Å². The fourth-order valence-electron chi connectivity index (χ4n) is 1.28. The molecule has 19 heavy (non-hydrogen) atoms. The van der Waals surface area contributed by atoms with E-state index in [0.717, 1.165) is 5.69 Å². The second kappa shape index (κ2) is 7.96. The van der Waals surface area contributed by atoms with Gasteiger partial charge in [-0.2, -0.15) is 13.2 Å². The van der Waals surface area contributed by atoms with Crippen molar-refractivity contribution in [2.45, 2.75) is 19.1 Å². The highest BCUT2D eigenvalue weighted by molar-refractivity contribution is 5.19. The van der Waals surface area contributed by atoms with Crippen LogP contribution in [0.3, 0.4) is 0 Å². The van der Waals surface area contributed by atoms with E-state index in [1.165, 1.54) is 6.20 Å². The maximum Gasteiger partial charge on any atom is 0.392 e. The van der Waals surface area contributed by atoms with Gasteiger partial charge >= 0.3 is 6.18 Å². The van der Waals surface area contributed by atoms with Gasteiger partial charge in [0.2, 0.25) is 0 Å². The van der Waals surface area contributed by atoms with Crippen molar-refractivity contribution in [2.75, 3.05) is 26.9 Å². The molecule has 1 N–H and O–H groups in total. The van der Waals surface area contributed by atoms with Gasteiger partial charge in [-0.1, -0.05) is 0 Å². The van der Waals surface area contributed by atoms with Gasteiger partial charge in [0, 0.05) is 20.2 Å². The van der Waals surface area contributed by atoms with Crippen LogP contribution >= 0.6 is 0 Å². The molecule has 7 heteroatoms. The zero-order valence-electron chi connectivity index (χ0n) is 10.7. The molecule has 0 radical (unpaired) electrons. The molecular formula is C12H17F3N2O2. The third kappa shape index (κ3) is 7.63. The Morgan fingerprint density at radius 2 is 2.05 bits per heavy atom. The summed E-state index contributed by atoms with van der Waals surface area (Å²) in [5.41, 5.74) is 0.791. The van der Waals surface area contributed by atoms with E-state index in [4.69, 9.17) is 9.47 Å². The minimum Gasteiger partial charge on any atom is -0.492 e. The Kier molecular flexibility index (Phi) is 6.58. The molecule has 0 fully saturated rings. The minimum absolute atomic E-state index is 0.338. The van der Waals surface area contributed by atoms with Crippen molar-refractivity contribution in [3.8, 4) is 5.75 Å². The molecule has 0 spiro atoms. The predicted molar refractivity (Wildman–Crippen MR) is 64.0 cm³/mol. The quantitative estimate of drug-likeness (QED) is 0.740. The third-order valence-electron chi connectivity index (χ3n) is 2.24. The lowest BCUT2D eigenvalue weighted by molar-refractivity contribution is -0.139. The molecule has 0 amide bonds. The van der Waals surface area contributed by atoms with Crippen LogP contribution in [0.25, 0.3) is 0 Å². The molecule has 1 heterocycles. The van der Waals surface area contributed by atoms with E-state index in [1.807, 2.05) is 0 Å². The second-order valence-electron chi connectivity index (χ2n) is 3.87. The molecule has 0 aromatic carbocycles. The average molecular weight is 278 g/mol. The Bertz CT molecular complexity index is 355. The van der Waals surface area contributed by atoms with Crippen LogP contribution in [0.15, 0.2) is 18.3 Å². The lowest BCUT2D eigenvalue weighted by atomic mass is 10.3. The van der Waals surface area contributed by atoms with Crippen LogP contribution in [0, 0.1) is 0 Å². The van der Waals surface area contributed by atoms with Crippen LogP contribution in [0.1, 0.15) is 12.1 Å². The third-order valence-corrected chi connectivity index (χ3v) is 2.24. The Labute approximate surface area is 109 Å². The predicted octanol–water partition coefficient (Wildman–Crippen LogP) is 2.15. The standard InChI is InChI=1S/C12H17F3N2O2/c1-18-7-5-16-8-10-2-3-11(9-17-10)19-6-4-12(13,14)15/h2-3,9,16H,4-8H2,1H3. The number of nitrogens with zero attached hydrogens (tertiary/aromatic N) is 1.